The van der Waals surface area contributed by atoms with Gasteiger partial charge in [-0.3, -0.25) is 18.2 Å². The number of anilines is 2. The molecule has 0 saturated carbocycles. The number of amides is 1. The molecule has 0 spiro atoms. The summed E-state index contributed by atoms with van der Waals surface area (Å²) in [6.45, 7) is 0.263. The number of thiazole rings is 1. The number of aryl methyl sites for hydroxylation is 2. The molecule has 1 amide bonds. The summed E-state index contributed by atoms with van der Waals surface area (Å²) in [6, 6.07) is 14.4. The van der Waals surface area contributed by atoms with E-state index in [-0.39, 0.29) is 24.6 Å². The summed E-state index contributed by atoms with van der Waals surface area (Å²) < 4.78 is 27.7. The van der Waals surface area contributed by atoms with Crippen molar-refractivity contribution in [2.24, 2.45) is 7.05 Å². The molecule has 0 bridgehead atoms. The second-order valence-corrected chi connectivity index (χ2v) is 10.5. The Hall–Kier alpha value is -3.44. The van der Waals surface area contributed by atoms with Gasteiger partial charge >= 0.3 is 5.69 Å². The molecule has 172 valence electrons. The van der Waals surface area contributed by atoms with Crippen molar-refractivity contribution in [1.29, 1.82) is 0 Å². The molecule has 0 fully saturated rings. The molecule has 0 aliphatic carbocycles. The number of nitrogens with one attached hydrogen (secondary N) is 1. The van der Waals surface area contributed by atoms with Gasteiger partial charge in [0.05, 0.1) is 28.7 Å². The Morgan fingerprint density at radius 3 is 2.45 bits per heavy atom. The lowest BCUT2D eigenvalue weighted by Gasteiger charge is -2.16. The fourth-order valence-corrected chi connectivity index (χ4v) is 4.71. The minimum absolute atomic E-state index is 0.134. The van der Waals surface area contributed by atoms with Crippen molar-refractivity contribution in [2.45, 2.75) is 13.0 Å². The molecule has 0 aliphatic rings. The van der Waals surface area contributed by atoms with E-state index in [4.69, 9.17) is 0 Å². The van der Waals surface area contributed by atoms with Gasteiger partial charge in [-0.25, -0.2) is 18.2 Å². The van der Waals surface area contributed by atoms with Crippen molar-refractivity contribution in [1.82, 2.24) is 14.1 Å². The van der Waals surface area contributed by atoms with Crippen molar-refractivity contribution >= 4 is 49.1 Å². The molecular formula is C22H23N5O4S2. The Morgan fingerprint density at radius 2 is 1.79 bits per heavy atom. The van der Waals surface area contributed by atoms with Crippen LogP contribution < -0.4 is 15.3 Å². The topological polar surface area (TPSA) is 106 Å². The number of hydrogen-bond acceptors (Lipinski definition) is 6. The molecule has 0 atom stereocenters. The number of aromatic nitrogens is 3. The Labute approximate surface area is 195 Å². The SMILES string of the molecule is CN(c1ccc(-c2csc(NC(=O)CCn3c(=O)n(C)c4ccccc43)n2)cc1)S(C)(=O)=O. The monoisotopic (exact) mass is 485 g/mol. The average Bonchev–Trinajstić information content (AvgIpc) is 3.35. The third kappa shape index (κ3) is 4.69. The van der Waals surface area contributed by atoms with Gasteiger partial charge < -0.3 is 5.32 Å². The maximum Gasteiger partial charge on any atom is 0.328 e. The number of carbonyl (C=O) groups excluding carboxylic acids is 1. The number of nitrogens with zero attached hydrogens (tertiary/aromatic N) is 4. The molecule has 33 heavy (non-hydrogen) atoms. The number of para-hydroxylation sites is 2. The van der Waals surface area contributed by atoms with Crippen LogP contribution in [0.4, 0.5) is 10.8 Å². The molecule has 0 unspecified atom stereocenters. The molecule has 9 nitrogen and oxygen atoms in total. The summed E-state index contributed by atoms with van der Waals surface area (Å²) in [6.07, 6.45) is 1.28. The summed E-state index contributed by atoms with van der Waals surface area (Å²) in [4.78, 5) is 29.4. The Kier molecular flexibility index (Phi) is 6.09. The molecule has 11 heteroatoms. The zero-order valence-corrected chi connectivity index (χ0v) is 20.0. The van der Waals surface area contributed by atoms with Crippen molar-refractivity contribution in [3.8, 4) is 11.3 Å². The standard InChI is InChI=1S/C22H23N5O4S2/c1-25-18-6-4-5-7-19(18)27(22(25)29)13-12-20(28)24-21-23-17(14-32-21)15-8-10-16(11-9-15)26(2)33(3,30)31/h4-11,14H,12-13H2,1-3H3,(H,23,24,28). The van der Waals surface area contributed by atoms with E-state index in [1.165, 1.54) is 22.7 Å². The fraction of sp³-hybridized carbons (Fsp3) is 0.227. The third-order valence-corrected chi connectivity index (χ3v) is 7.35. The fourth-order valence-electron chi connectivity index (χ4n) is 3.47. The molecule has 2 heterocycles. The first-order valence-corrected chi connectivity index (χ1v) is 12.8. The van der Waals surface area contributed by atoms with E-state index < -0.39 is 10.0 Å². The van der Waals surface area contributed by atoms with Crippen LogP contribution in [0.5, 0.6) is 0 Å². The van der Waals surface area contributed by atoms with Crippen LogP contribution in [-0.4, -0.2) is 41.7 Å². The number of imidazole rings is 1. The number of sulfonamides is 1. The van der Waals surface area contributed by atoms with Crippen molar-refractivity contribution in [2.75, 3.05) is 22.9 Å². The first kappa shape index (κ1) is 22.7. The van der Waals surface area contributed by atoms with Crippen LogP contribution in [0.15, 0.2) is 58.7 Å². The van der Waals surface area contributed by atoms with Crippen LogP contribution in [0.25, 0.3) is 22.3 Å². The van der Waals surface area contributed by atoms with Crippen molar-refractivity contribution in [3.63, 3.8) is 0 Å². The summed E-state index contributed by atoms with van der Waals surface area (Å²) >= 11 is 1.30. The largest absolute Gasteiger partial charge is 0.328 e. The van der Waals surface area contributed by atoms with E-state index >= 15 is 0 Å². The highest BCUT2D eigenvalue weighted by atomic mass is 32.2. The molecule has 2 aromatic heterocycles. The molecular weight excluding hydrogens is 462 g/mol. The van der Waals surface area contributed by atoms with Crippen LogP contribution in [0.1, 0.15) is 6.42 Å². The Bertz CT molecular complexity index is 1480. The van der Waals surface area contributed by atoms with E-state index in [0.717, 1.165) is 22.9 Å². The zero-order valence-electron chi connectivity index (χ0n) is 18.3. The van der Waals surface area contributed by atoms with Gasteiger partial charge in [0.2, 0.25) is 15.9 Å². The normalized spacial score (nSPS) is 11.6. The van der Waals surface area contributed by atoms with Crippen LogP contribution in [0.3, 0.4) is 0 Å². The molecule has 0 aliphatic heterocycles. The summed E-state index contributed by atoms with van der Waals surface area (Å²) in [7, 11) is -0.127. The minimum Gasteiger partial charge on any atom is -0.302 e. The molecule has 0 saturated heterocycles. The van der Waals surface area contributed by atoms with Gasteiger partial charge in [0.15, 0.2) is 5.13 Å². The highest BCUT2D eigenvalue weighted by Crippen LogP contribution is 2.27. The lowest BCUT2D eigenvalue weighted by Crippen LogP contribution is -2.24. The Balaban J connectivity index is 1.42. The van der Waals surface area contributed by atoms with Gasteiger partial charge in [0.1, 0.15) is 0 Å². The third-order valence-electron chi connectivity index (χ3n) is 5.39. The second-order valence-electron chi connectivity index (χ2n) is 7.60. The molecule has 4 rings (SSSR count). The van der Waals surface area contributed by atoms with Crippen molar-refractivity contribution < 1.29 is 13.2 Å². The lowest BCUT2D eigenvalue weighted by molar-refractivity contribution is -0.116. The predicted molar refractivity (Wildman–Crippen MR) is 131 cm³/mol. The van der Waals surface area contributed by atoms with Gasteiger partial charge in [0, 0.05) is 38.0 Å². The van der Waals surface area contributed by atoms with E-state index in [1.54, 1.807) is 40.4 Å². The average molecular weight is 486 g/mol. The van der Waals surface area contributed by atoms with Crippen LogP contribution >= 0.6 is 11.3 Å². The maximum absolute atomic E-state index is 12.5. The van der Waals surface area contributed by atoms with Crippen LogP contribution in [0.2, 0.25) is 0 Å². The zero-order chi connectivity index (χ0) is 23.8. The number of hydrogen-bond donors (Lipinski definition) is 1. The smallest absolute Gasteiger partial charge is 0.302 e. The van der Waals surface area contributed by atoms with Gasteiger partial charge in [0.25, 0.3) is 0 Å². The quantitative estimate of drug-likeness (QED) is 0.433. The van der Waals surface area contributed by atoms with E-state index in [0.29, 0.717) is 16.5 Å². The summed E-state index contributed by atoms with van der Waals surface area (Å²) in [5.41, 5.74) is 3.48. The van der Waals surface area contributed by atoms with Gasteiger partial charge in [-0.15, -0.1) is 11.3 Å². The molecule has 1 N–H and O–H groups in total. The van der Waals surface area contributed by atoms with Crippen molar-refractivity contribution in [3.05, 3.63) is 64.4 Å². The number of rotatable bonds is 7. The minimum atomic E-state index is -3.33. The Morgan fingerprint density at radius 1 is 1.12 bits per heavy atom. The molecule has 2 aromatic carbocycles. The van der Waals surface area contributed by atoms with E-state index in [1.807, 2.05) is 29.6 Å². The van der Waals surface area contributed by atoms with Gasteiger partial charge in [-0.2, -0.15) is 0 Å². The number of carbonyl (C=O) groups is 1. The molecule has 4 aromatic rings. The lowest BCUT2D eigenvalue weighted by atomic mass is 10.1. The van der Waals surface area contributed by atoms with Crippen LogP contribution in [-0.2, 0) is 28.4 Å². The first-order chi connectivity index (χ1) is 15.6. The highest BCUT2D eigenvalue weighted by molar-refractivity contribution is 7.92. The number of benzene rings is 2. The van der Waals surface area contributed by atoms with Gasteiger partial charge in [-0.05, 0) is 24.3 Å². The van der Waals surface area contributed by atoms with Gasteiger partial charge in [-0.1, -0.05) is 24.3 Å². The summed E-state index contributed by atoms with van der Waals surface area (Å²) in [5, 5.41) is 5.06. The summed E-state index contributed by atoms with van der Waals surface area (Å²) in [5.74, 6) is -0.235. The second kappa shape index (κ2) is 8.83. The maximum atomic E-state index is 12.5. The predicted octanol–water partition coefficient (Wildman–Crippen LogP) is 2.89. The molecule has 0 radical (unpaired) electrons. The number of fused-ring (bicyclic) bond motifs is 1. The highest BCUT2D eigenvalue weighted by Gasteiger charge is 2.14. The van der Waals surface area contributed by atoms with E-state index in [9.17, 15) is 18.0 Å². The first-order valence-electron chi connectivity index (χ1n) is 10.1. The van der Waals surface area contributed by atoms with Crippen LogP contribution in [0, 0.1) is 0 Å². The van der Waals surface area contributed by atoms with E-state index in [2.05, 4.69) is 10.3 Å².